The molecule has 0 bridgehead atoms. The molecule has 2 heterocycles. The second-order valence-corrected chi connectivity index (χ2v) is 7.07. The Morgan fingerprint density at radius 3 is 2.65 bits per heavy atom. The Kier molecular flexibility index (Phi) is 4.29. The maximum absolute atomic E-state index is 11.9. The Bertz CT molecular complexity index is 949. The van der Waals surface area contributed by atoms with Gasteiger partial charge in [-0.1, -0.05) is 49.4 Å². The van der Waals surface area contributed by atoms with Crippen LogP contribution in [-0.2, 0) is 17.6 Å². The summed E-state index contributed by atoms with van der Waals surface area (Å²) >= 11 is 0. The molecule has 26 heavy (non-hydrogen) atoms. The number of likely N-dealkylation sites (N-methyl/N-ethyl adjacent to an activating group) is 1. The number of amides is 1. The molecule has 3 aromatic rings. The van der Waals surface area contributed by atoms with Gasteiger partial charge in [0.25, 0.3) is 0 Å². The quantitative estimate of drug-likeness (QED) is 0.693. The highest BCUT2D eigenvalue weighted by Crippen LogP contribution is 2.33. The zero-order valence-electron chi connectivity index (χ0n) is 15.1. The van der Waals surface area contributed by atoms with E-state index in [1.807, 2.05) is 25.5 Å². The molecule has 4 rings (SSSR count). The summed E-state index contributed by atoms with van der Waals surface area (Å²) in [5, 5.41) is 0. The largest absolute Gasteiger partial charge is 0.315 e. The maximum Gasteiger partial charge on any atom is 0.231 e. The Labute approximate surface area is 154 Å². The van der Waals surface area contributed by atoms with Crippen molar-refractivity contribution in [1.82, 2.24) is 4.98 Å². The van der Waals surface area contributed by atoms with Crippen LogP contribution in [0.1, 0.15) is 29.5 Å². The number of pyridine rings is 1. The number of carbonyl (C=O) groups excluding carboxylic acids is 1. The molecule has 0 radical (unpaired) electrons. The molecule has 0 N–H and O–H groups in total. The summed E-state index contributed by atoms with van der Waals surface area (Å²) in [7, 11) is 1.84. The Morgan fingerprint density at radius 1 is 1.04 bits per heavy atom. The van der Waals surface area contributed by atoms with Crippen LogP contribution in [0.5, 0.6) is 0 Å². The fourth-order valence-corrected chi connectivity index (χ4v) is 3.63. The summed E-state index contributed by atoms with van der Waals surface area (Å²) in [6.45, 7) is 2.25. The van der Waals surface area contributed by atoms with Crippen LogP contribution in [0, 0.1) is 0 Å². The van der Waals surface area contributed by atoms with E-state index in [2.05, 4.69) is 60.4 Å². The topological polar surface area (TPSA) is 33.2 Å². The predicted molar refractivity (Wildman–Crippen MR) is 105 cm³/mol. The van der Waals surface area contributed by atoms with Crippen LogP contribution in [0.2, 0.25) is 0 Å². The minimum absolute atomic E-state index is 0.153. The van der Waals surface area contributed by atoms with Crippen molar-refractivity contribution in [3.05, 3.63) is 83.7 Å². The molecule has 0 spiro atoms. The third kappa shape index (κ3) is 3.13. The van der Waals surface area contributed by atoms with Gasteiger partial charge in [0.05, 0.1) is 6.42 Å². The Balaban J connectivity index is 1.60. The Morgan fingerprint density at radius 2 is 1.85 bits per heavy atom. The summed E-state index contributed by atoms with van der Waals surface area (Å²) in [6, 6.07) is 19.0. The van der Waals surface area contributed by atoms with E-state index in [-0.39, 0.29) is 5.91 Å². The lowest BCUT2D eigenvalue weighted by Crippen LogP contribution is -2.20. The fraction of sp³-hybridized carbons (Fsp3) is 0.217. The smallest absolute Gasteiger partial charge is 0.231 e. The summed E-state index contributed by atoms with van der Waals surface area (Å²) in [5.41, 5.74) is 6.88. The average molecular weight is 342 g/mol. The third-order valence-electron chi connectivity index (χ3n) is 5.20. The molecule has 0 unspecified atom stereocenters. The van der Waals surface area contributed by atoms with Crippen molar-refractivity contribution in [3.8, 4) is 11.1 Å². The summed E-state index contributed by atoms with van der Waals surface area (Å²) in [5.74, 6) is 0.595. The van der Waals surface area contributed by atoms with Crippen LogP contribution in [0.25, 0.3) is 11.1 Å². The summed E-state index contributed by atoms with van der Waals surface area (Å²) in [4.78, 5) is 18.1. The highest BCUT2D eigenvalue weighted by Gasteiger charge is 2.24. The summed E-state index contributed by atoms with van der Waals surface area (Å²) < 4.78 is 0. The molecule has 3 heteroatoms. The van der Waals surface area contributed by atoms with Crippen molar-refractivity contribution >= 4 is 11.6 Å². The highest BCUT2D eigenvalue weighted by atomic mass is 16.2. The number of rotatable bonds is 4. The second-order valence-electron chi connectivity index (χ2n) is 7.07. The van der Waals surface area contributed by atoms with Gasteiger partial charge in [0.1, 0.15) is 0 Å². The molecule has 1 aliphatic rings. The molecular formula is C23H22N2O. The monoisotopic (exact) mass is 342 g/mol. The normalized spacial score (nSPS) is 14.4. The van der Waals surface area contributed by atoms with Crippen molar-refractivity contribution < 1.29 is 4.79 Å². The molecule has 3 nitrogen and oxygen atoms in total. The lowest BCUT2D eigenvalue weighted by atomic mass is 9.93. The predicted octanol–water partition coefficient (Wildman–Crippen LogP) is 4.61. The molecule has 130 valence electrons. The fourth-order valence-electron chi connectivity index (χ4n) is 3.63. The SMILES string of the molecule is C[C@H](Cc1cncc(-c2ccc3c(c2)N(C)C(=O)C3)c1)c1ccccc1. The van der Waals surface area contributed by atoms with E-state index in [4.69, 9.17) is 0 Å². The number of benzene rings is 2. The maximum atomic E-state index is 11.9. The van der Waals surface area contributed by atoms with E-state index in [9.17, 15) is 4.79 Å². The molecule has 1 aliphatic heterocycles. The lowest BCUT2D eigenvalue weighted by molar-refractivity contribution is -0.117. The molecule has 1 aromatic heterocycles. The van der Waals surface area contributed by atoms with E-state index in [1.54, 1.807) is 4.90 Å². The third-order valence-corrected chi connectivity index (χ3v) is 5.20. The Hall–Kier alpha value is -2.94. The van der Waals surface area contributed by atoms with Crippen LogP contribution in [0.4, 0.5) is 5.69 Å². The van der Waals surface area contributed by atoms with Crippen molar-refractivity contribution in [3.63, 3.8) is 0 Å². The minimum Gasteiger partial charge on any atom is -0.315 e. The number of hydrogen-bond donors (Lipinski definition) is 0. The van der Waals surface area contributed by atoms with Gasteiger partial charge in [-0.3, -0.25) is 9.78 Å². The van der Waals surface area contributed by atoms with E-state index in [1.165, 1.54) is 11.1 Å². The molecule has 0 fully saturated rings. The first-order chi connectivity index (χ1) is 12.6. The molecular weight excluding hydrogens is 320 g/mol. The molecule has 0 saturated heterocycles. The molecule has 1 amide bonds. The van der Waals surface area contributed by atoms with Crippen molar-refractivity contribution in [2.45, 2.75) is 25.7 Å². The van der Waals surface area contributed by atoms with Gasteiger partial charge in [-0.2, -0.15) is 0 Å². The number of hydrogen-bond acceptors (Lipinski definition) is 2. The van der Waals surface area contributed by atoms with Gasteiger partial charge in [-0.15, -0.1) is 0 Å². The number of carbonyl (C=O) groups is 1. The van der Waals surface area contributed by atoms with Gasteiger partial charge in [0, 0.05) is 30.7 Å². The zero-order chi connectivity index (χ0) is 18.1. The first-order valence-corrected chi connectivity index (χ1v) is 9.00. The standard InChI is InChI=1S/C23H22N2O/c1-16(18-6-4-3-5-7-18)10-17-11-21(15-24-14-17)19-8-9-20-13-23(26)25(2)22(20)12-19/h3-9,11-12,14-16H,10,13H2,1-2H3/t16-/m1/s1. The molecule has 0 saturated carbocycles. The van der Waals surface area contributed by atoms with E-state index in [0.717, 1.165) is 28.8 Å². The van der Waals surface area contributed by atoms with Crippen molar-refractivity contribution in [1.29, 1.82) is 0 Å². The van der Waals surface area contributed by atoms with Gasteiger partial charge in [-0.25, -0.2) is 0 Å². The van der Waals surface area contributed by atoms with Crippen LogP contribution < -0.4 is 4.90 Å². The molecule has 1 atom stereocenters. The van der Waals surface area contributed by atoms with Crippen LogP contribution >= 0.6 is 0 Å². The van der Waals surface area contributed by atoms with Crippen LogP contribution in [0.15, 0.2) is 67.0 Å². The van der Waals surface area contributed by atoms with Gasteiger partial charge in [0.2, 0.25) is 5.91 Å². The minimum atomic E-state index is 0.153. The van der Waals surface area contributed by atoms with Gasteiger partial charge in [0.15, 0.2) is 0 Å². The first-order valence-electron chi connectivity index (χ1n) is 9.00. The number of nitrogens with zero attached hydrogens (tertiary/aromatic N) is 2. The lowest BCUT2D eigenvalue weighted by Gasteiger charge is -2.14. The number of fused-ring (bicyclic) bond motifs is 1. The van der Waals surface area contributed by atoms with Crippen LogP contribution in [0.3, 0.4) is 0 Å². The zero-order valence-corrected chi connectivity index (χ0v) is 15.1. The number of aromatic nitrogens is 1. The van der Waals surface area contributed by atoms with Crippen molar-refractivity contribution in [2.75, 3.05) is 11.9 Å². The van der Waals surface area contributed by atoms with Crippen molar-refractivity contribution in [2.24, 2.45) is 0 Å². The molecule has 2 aromatic carbocycles. The average Bonchev–Trinajstić information content (AvgIpc) is 2.96. The highest BCUT2D eigenvalue weighted by molar-refractivity contribution is 6.01. The second kappa shape index (κ2) is 6.75. The van der Waals surface area contributed by atoms with Gasteiger partial charge in [-0.05, 0) is 46.7 Å². The van der Waals surface area contributed by atoms with E-state index >= 15 is 0 Å². The van der Waals surface area contributed by atoms with Crippen LogP contribution in [-0.4, -0.2) is 17.9 Å². The van der Waals surface area contributed by atoms with E-state index in [0.29, 0.717) is 12.3 Å². The number of anilines is 1. The first kappa shape index (κ1) is 16.5. The van der Waals surface area contributed by atoms with Gasteiger partial charge < -0.3 is 4.90 Å². The molecule has 0 aliphatic carbocycles. The summed E-state index contributed by atoms with van der Waals surface area (Å²) in [6.07, 6.45) is 5.30. The van der Waals surface area contributed by atoms with E-state index < -0.39 is 0 Å². The van der Waals surface area contributed by atoms with Gasteiger partial charge >= 0.3 is 0 Å².